The standard InChI is InChI=1S/C14H16BrN3O/c1-16-7-6-14-17-8-5-12(18-14)11-9-10(15)3-4-13(11)19-2/h3-5,8-9,16H,6-7H2,1-2H3. The zero-order chi connectivity index (χ0) is 13.7. The van der Waals surface area contributed by atoms with Crippen LogP contribution in [0, 0.1) is 0 Å². The number of aromatic nitrogens is 2. The van der Waals surface area contributed by atoms with Gasteiger partial charge in [-0.2, -0.15) is 0 Å². The van der Waals surface area contributed by atoms with Crippen molar-refractivity contribution in [1.82, 2.24) is 15.3 Å². The molecule has 1 aromatic carbocycles. The van der Waals surface area contributed by atoms with E-state index in [1.165, 1.54) is 0 Å². The van der Waals surface area contributed by atoms with Crippen molar-refractivity contribution in [2.45, 2.75) is 6.42 Å². The van der Waals surface area contributed by atoms with Crippen LogP contribution >= 0.6 is 15.9 Å². The second kappa shape index (κ2) is 6.63. The van der Waals surface area contributed by atoms with Crippen LogP contribution in [0.1, 0.15) is 5.82 Å². The van der Waals surface area contributed by atoms with Crippen molar-refractivity contribution in [3.8, 4) is 17.0 Å². The smallest absolute Gasteiger partial charge is 0.130 e. The molecule has 0 aliphatic carbocycles. The van der Waals surface area contributed by atoms with E-state index in [1.807, 2.05) is 31.3 Å². The van der Waals surface area contributed by atoms with Crippen molar-refractivity contribution in [3.63, 3.8) is 0 Å². The molecule has 100 valence electrons. The molecule has 0 amide bonds. The van der Waals surface area contributed by atoms with E-state index in [4.69, 9.17) is 4.74 Å². The first kappa shape index (κ1) is 14.0. The van der Waals surface area contributed by atoms with Crippen molar-refractivity contribution in [3.05, 3.63) is 40.8 Å². The maximum atomic E-state index is 5.38. The summed E-state index contributed by atoms with van der Waals surface area (Å²) in [6.07, 6.45) is 2.59. The van der Waals surface area contributed by atoms with Crippen LogP contribution in [-0.4, -0.2) is 30.7 Å². The molecule has 19 heavy (non-hydrogen) atoms. The van der Waals surface area contributed by atoms with Gasteiger partial charge in [-0.15, -0.1) is 0 Å². The highest BCUT2D eigenvalue weighted by atomic mass is 79.9. The van der Waals surface area contributed by atoms with E-state index in [0.29, 0.717) is 0 Å². The van der Waals surface area contributed by atoms with Gasteiger partial charge in [0.05, 0.1) is 12.8 Å². The Morgan fingerprint density at radius 3 is 2.89 bits per heavy atom. The molecule has 0 aliphatic heterocycles. The van der Waals surface area contributed by atoms with Crippen LogP contribution in [0.5, 0.6) is 5.75 Å². The Labute approximate surface area is 121 Å². The topological polar surface area (TPSA) is 47.0 Å². The average Bonchev–Trinajstić information content (AvgIpc) is 2.45. The fourth-order valence-corrected chi connectivity index (χ4v) is 2.15. The van der Waals surface area contributed by atoms with Gasteiger partial charge in [0.1, 0.15) is 11.6 Å². The summed E-state index contributed by atoms with van der Waals surface area (Å²) in [6.45, 7) is 0.860. The van der Waals surface area contributed by atoms with Crippen LogP contribution in [-0.2, 0) is 6.42 Å². The zero-order valence-electron chi connectivity index (χ0n) is 11.0. The Hall–Kier alpha value is -1.46. The minimum absolute atomic E-state index is 0.806. The third-order valence-corrected chi connectivity index (χ3v) is 3.23. The highest BCUT2D eigenvalue weighted by molar-refractivity contribution is 9.10. The normalized spacial score (nSPS) is 10.5. The lowest BCUT2D eigenvalue weighted by atomic mass is 10.1. The Morgan fingerprint density at radius 1 is 1.32 bits per heavy atom. The number of ether oxygens (including phenoxy) is 1. The second-order valence-corrected chi connectivity index (χ2v) is 4.97. The van der Waals surface area contributed by atoms with Crippen LogP contribution in [0.15, 0.2) is 34.9 Å². The maximum absolute atomic E-state index is 5.38. The number of likely N-dealkylation sites (N-methyl/N-ethyl adjacent to an activating group) is 1. The number of halogens is 1. The lowest BCUT2D eigenvalue weighted by Crippen LogP contribution is -2.12. The van der Waals surface area contributed by atoms with E-state index in [1.54, 1.807) is 13.3 Å². The summed E-state index contributed by atoms with van der Waals surface area (Å²) in [5.74, 6) is 1.63. The first-order valence-electron chi connectivity index (χ1n) is 6.05. The van der Waals surface area contributed by atoms with E-state index in [-0.39, 0.29) is 0 Å². The highest BCUT2D eigenvalue weighted by Crippen LogP contribution is 2.31. The Bertz CT molecular complexity index is 560. The highest BCUT2D eigenvalue weighted by Gasteiger charge is 2.09. The summed E-state index contributed by atoms with van der Waals surface area (Å²) in [6, 6.07) is 7.77. The molecule has 0 atom stereocenters. The lowest BCUT2D eigenvalue weighted by molar-refractivity contribution is 0.416. The van der Waals surface area contributed by atoms with Crippen LogP contribution in [0.4, 0.5) is 0 Å². The van der Waals surface area contributed by atoms with Crippen LogP contribution in [0.3, 0.4) is 0 Å². The van der Waals surface area contributed by atoms with Gasteiger partial charge in [-0.3, -0.25) is 0 Å². The molecule has 4 nitrogen and oxygen atoms in total. The number of nitrogens with zero attached hydrogens (tertiary/aromatic N) is 2. The quantitative estimate of drug-likeness (QED) is 0.919. The second-order valence-electron chi connectivity index (χ2n) is 4.06. The monoisotopic (exact) mass is 321 g/mol. The molecule has 1 N–H and O–H groups in total. The number of rotatable bonds is 5. The first-order valence-corrected chi connectivity index (χ1v) is 6.84. The summed E-state index contributed by atoms with van der Waals surface area (Å²) in [5, 5.41) is 3.09. The van der Waals surface area contributed by atoms with Gasteiger partial charge in [0.2, 0.25) is 0 Å². The summed E-state index contributed by atoms with van der Waals surface area (Å²) in [7, 11) is 3.58. The van der Waals surface area contributed by atoms with Gasteiger partial charge in [0.15, 0.2) is 0 Å². The molecule has 0 fully saturated rings. The molecule has 0 radical (unpaired) electrons. The SMILES string of the molecule is CNCCc1nccc(-c2cc(Br)ccc2OC)n1. The van der Waals surface area contributed by atoms with Gasteiger partial charge in [-0.25, -0.2) is 9.97 Å². The fraction of sp³-hybridized carbons (Fsp3) is 0.286. The molecule has 2 rings (SSSR count). The van der Waals surface area contributed by atoms with Crippen LogP contribution < -0.4 is 10.1 Å². The maximum Gasteiger partial charge on any atom is 0.130 e. The van der Waals surface area contributed by atoms with Gasteiger partial charge in [-0.1, -0.05) is 15.9 Å². The molecule has 1 heterocycles. The predicted molar refractivity (Wildman–Crippen MR) is 79.4 cm³/mol. The minimum Gasteiger partial charge on any atom is -0.496 e. The van der Waals surface area contributed by atoms with Gasteiger partial charge in [0.25, 0.3) is 0 Å². The zero-order valence-corrected chi connectivity index (χ0v) is 12.6. The third kappa shape index (κ3) is 3.52. The van der Waals surface area contributed by atoms with Gasteiger partial charge in [-0.05, 0) is 31.3 Å². The van der Waals surface area contributed by atoms with E-state index >= 15 is 0 Å². The fourth-order valence-electron chi connectivity index (χ4n) is 1.79. The Kier molecular flexibility index (Phi) is 4.87. The van der Waals surface area contributed by atoms with E-state index in [2.05, 4.69) is 31.2 Å². The summed E-state index contributed by atoms with van der Waals surface area (Å²) in [5.41, 5.74) is 1.84. The molecule has 2 aromatic rings. The molecule has 0 unspecified atom stereocenters. The van der Waals surface area contributed by atoms with Gasteiger partial charge in [0, 0.05) is 29.2 Å². The number of nitrogens with one attached hydrogen (secondary N) is 1. The number of benzene rings is 1. The van der Waals surface area contributed by atoms with Crippen molar-refractivity contribution >= 4 is 15.9 Å². The lowest BCUT2D eigenvalue weighted by Gasteiger charge is -2.09. The molecule has 5 heteroatoms. The number of hydrogen-bond donors (Lipinski definition) is 1. The number of methoxy groups -OCH3 is 1. The van der Waals surface area contributed by atoms with E-state index in [9.17, 15) is 0 Å². The van der Waals surface area contributed by atoms with Crippen LogP contribution in [0.25, 0.3) is 11.3 Å². The van der Waals surface area contributed by atoms with Crippen molar-refractivity contribution in [1.29, 1.82) is 0 Å². The van der Waals surface area contributed by atoms with Crippen LogP contribution in [0.2, 0.25) is 0 Å². The molecular formula is C14H16BrN3O. The van der Waals surface area contributed by atoms with Gasteiger partial charge >= 0.3 is 0 Å². The minimum atomic E-state index is 0.806. The molecule has 0 spiro atoms. The summed E-state index contributed by atoms with van der Waals surface area (Å²) < 4.78 is 6.38. The predicted octanol–water partition coefficient (Wildman–Crippen LogP) is 2.68. The summed E-state index contributed by atoms with van der Waals surface area (Å²) >= 11 is 3.47. The van der Waals surface area contributed by atoms with Crippen molar-refractivity contribution < 1.29 is 4.74 Å². The summed E-state index contributed by atoms with van der Waals surface area (Å²) in [4.78, 5) is 8.85. The Balaban J connectivity index is 2.38. The molecule has 0 saturated carbocycles. The molecular weight excluding hydrogens is 306 g/mol. The first-order chi connectivity index (χ1) is 9.24. The van der Waals surface area contributed by atoms with Crippen molar-refractivity contribution in [2.75, 3.05) is 20.7 Å². The van der Waals surface area contributed by atoms with E-state index < -0.39 is 0 Å². The Morgan fingerprint density at radius 2 is 2.16 bits per heavy atom. The largest absolute Gasteiger partial charge is 0.496 e. The molecule has 0 bridgehead atoms. The molecule has 0 aliphatic rings. The molecule has 1 aromatic heterocycles. The third-order valence-electron chi connectivity index (χ3n) is 2.74. The molecule has 0 saturated heterocycles. The number of hydrogen-bond acceptors (Lipinski definition) is 4. The van der Waals surface area contributed by atoms with E-state index in [0.717, 1.165) is 40.3 Å². The van der Waals surface area contributed by atoms with Gasteiger partial charge < -0.3 is 10.1 Å². The average molecular weight is 322 g/mol. The van der Waals surface area contributed by atoms with Crippen molar-refractivity contribution in [2.24, 2.45) is 0 Å².